The highest BCUT2D eigenvalue weighted by Gasteiger charge is 1.86. The Morgan fingerprint density at radius 2 is 0.957 bits per heavy atom. The molecule has 0 unspecified atom stereocenters. The molecule has 0 atom stereocenters. The minimum Gasteiger partial charge on any atom is -0.545 e. The molecule has 0 fully saturated rings. The minimum atomic E-state index is -1.13. The largest absolute Gasteiger partial charge is 0.545 e. The molecule has 0 N–H and O–H groups in total. The number of carbonyl (C=O) groups is 1. The van der Waals surface area contributed by atoms with E-state index in [1.54, 1.807) is 18.2 Å². The van der Waals surface area contributed by atoms with Gasteiger partial charge in [0.15, 0.2) is 0 Å². The predicted octanol–water partition coefficient (Wildman–Crippen LogP) is 3.14. The molecular formula is C21H15O2-. The zero-order valence-electron chi connectivity index (χ0n) is 12.5. The molecule has 0 heterocycles. The lowest BCUT2D eigenvalue weighted by Crippen LogP contribution is -2.21. The SMILES string of the molecule is C(#Cc1ccccc1)c1ccccc1.O=C([O-])c1ccccc1. The van der Waals surface area contributed by atoms with Crippen LogP contribution >= 0.6 is 0 Å². The molecule has 3 aromatic rings. The predicted molar refractivity (Wildman–Crippen MR) is 89.6 cm³/mol. The Morgan fingerprint density at radius 3 is 1.26 bits per heavy atom. The summed E-state index contributed by atoms with van der Waals surface area (Å²) < 4.78 is 0. The minimum absolute atomic E-state index is 0.220. The van der Waals surface area contributed by atoms with Gasteiger partial charge in [-0.15, -0.1) is 0 Å². The lowest BCUT2D eigenvalue weighted by atomic mass is 10.2. The lowest BCUT2D eigenvalue weighted by Gasteiger charge is -1.97. The second kappa shape index (κ2) is 8.86. The fourth-order valence-corrected chi connectivity index (χ4v) is 1.76. The normalized spacial score (nSPS) is 8.87. The zero-order valence-corrected chi connectivity index (χ0v) is 12.5. The van der Waals surface area contributed by atoms with E-state index in [9.17, 15) is 9.90 Å². The Labute approximate surface area is 136 Å². The van der Waals surface area contributed by atoms with Crippen LogP contribution in [-0.2, 0) is 0 Å². The molecule has 0 saturated heterocycles. The first kappa shape index (κ1) is 16.1. The Kier molecular flexibility index (Phi) is 6.19. The van der Waals surface area contributed by atoms with Gasteiger partial charge in [0.2, 0.25) is 0 Å². The zero-order chi connectivity index (χ0) is 16.3. The van der Waals surface area contributed by atoms with Crippen molar-refractivity contribution in [3.8, 4) is 11.8 Å². The van der Waals surface area contributed by atoms with E-state index in [1.807, 2.05) is 60.7 Å². The quantitative estimate of drug-likeness (QED) is 0.648. The summed E-state index contributed by atoms with van der Waals surface area (Å²) in [5, 5.41) is 10.1. The van der Waals surface area contributed by atoms with Crippen LogP contribution in [0.3, 0.4) is 0 Å². The van der Waals surface area contributed by atoms with Crippen LogP contribution in [0.15, 0.2) is 91.0 Å². The number of carboxylic acids is 1. The Balaban J connectivity index is 0.000000185. The van der Waals surface area contributed by atoms with E-state index in [0.717, 1.165) is 11.1 Å². The standard InChI is InChI=1S/C14H10.C7H6O2/c1-3-7-13(8-4-1)11-12-14-9-5-2-6-10-14;8-7(9)6-4-2-1-3-5-6/h1-10H;1-5H,(H,8,9)/p-1. The average Bonchev–Trinajstić information content (AvgIpc) is 2.63. The van der Waals surface area contributed by atoms with E-state index in [0.29, 0.717) is 0 Å². The Morgan fingerprint density at radius 1 is 0.609 bits per heavy atom. The molecule has 0 aliphatic carbocycles. The van der Waals surface area contributed by atoms with E-state index in [1.165, 1.54) is 12.1 Å². The van der Waals surface area contributed by atoms with Gasteiger partial charge in [0.05, 0.1) is 5.97 Å². The molecule has 2 heteroatoms. The Hall–Kier alpha value is -3.31. The number of hydrogen-bond acceptors (Lipinski definition) is 2. The first-order valence-corrected chi connectivity index (χ1v) is 7.14. The third-order valence-electron chi connectivity index (χ3n) is 2.91. The maximum atomic E-state index is 10.1. The smallest absolute Gasteiger partial charge is 0.0715 e. The summed E-state index contributed by atoms with van der Waals surface area (Å²) in [6, 6.07) is 28.1. The van der Waals surface area contributed by atoms with Gasteiger partial charge in [0, 0.05) is 11.1 Å². The van der Waals surface area contributed by atoms with Crippen molar-refractivity contribution in [3.05, 3.63) is 108 Å². The van der Waals surface area contributed by atoms with Crippen molar-refractivity contribution in [1.29, 1.82) is 0 Å². The van der Waals surface area contributed by atoms with Crippen molar-refractivity contribution in [2.75, 3.05) is 0 Å². The van der Waals surface area contributed by atoms with E-state index in [2.05, 4.69) is 11.8 Å². The summed E-state index contributed by atoms with van der Waals surface area (Å²) in [5.74, 6) is 5.09. The van der Waals surface area contributed by atoms with Gasteiger partial charge in [-0.05, 0) is 29.8 Å². The van der Waals surface area contributed by atoms with Crippen molar-refractivity contribution in [2.24, 2.45) is 0 Å². The molecular weight excluding hydrogens is 284 g/mol. The molecule has 23 heavy (non-hydrogen) atoms. The lowest BCUT2D eigenvalue weighted by molar-refractivity contribution is -0.255. The molecule has 2 nitrogen and oxygen atoms in total. The molecule has 0 radical (unpaired) electrons. The van der Waals surface area contributed by atoms with Crippen LogP contribution in [0.1, 0.15) is 21.5 Å². The van der Waals surface area contributed by atoms with Crippen molar-refractivity contribution in [1.82, 2.24) is 0 Å². The van der Waals surface area contributed by atoms with Crippen LogP contribution in [0.25, 0.3) is 0 Å². The number of carbonyl (C=O) groups excluding carboxylic acids is 1. The van der Waals surface area contributed by atoms with Gasteiger partial charge in [-0.2, -0.15) is 0 Å². The van der Waals surface area contributed by atoms with E-state index in [-0.39, 0.29) is 5.56 Å². The van der Waals surface area contributed by atoms with Crippen LogP contribution in [-0.4, -0.2) is 5.97 Å². The second-order valence-electron chi connectivity index (χ2n) is 4.64. The number of benzene rings is 3. The molecule has 0 aliphatic heterocycles. The first-order valence-electron chi connectivity index (χ1n) is 7.14. The molecule has 3 rings (SSSR count). The van der Waals surface area contributed by atoms with Gasteiger partial charge < -0.3 is 9.90 Å². The van der Waals surface area contributed by atoms with Gasteiger partial charge in [-0.1, -0.05) is 78.6 Å². The highest BCUT2D eigenvalue weighted by atomic mass is 16.4. The van der Waals surface area contributed by atoms with Crippen LogP contribution in [0.4, 0.5) is 0 Å². The van der Waals surface area contributed by atoms with Crippen molar-refractivity contribution >= 4 is 5.97 Å². The highest BCUT2D eigenvalue weighted by Crippen LogP contribution is 1.98. The van der Waals surface area contributed by atoms with Crippen LogP contribution < -0.4 is 5.11 Å². The highest BCUT2D eigenvalue weighted by molar-refractivity contribution is 5.85. The molecule has 112 valence electrons. The van der Waals surface area contributed by atoms with Gasteiger partial charge in [-0.25, -0.2) is 0 Å². The number of aromatic carboxylic acids is 1. The topological polar surface area (TPSA) is 40.1 Å². The summed E-state index contributed by atoms with van der Waals surface area (Å²) >= 11 is 0. The maximum Gasteiger partial charge on any atom is 0.0715 e. The summed E-state index contributed by atoms with van der Waals surface area (Å²) in [4.78, 5) is 10.1. The van der Waals surface area contributed by atoms with Gasteiger partial charge in [0.1, 0.15) is 0 Å². The number of rotatable bonds is 1. The van der Waals surface area contributed by atoms with E-state index < -0.39 is 5.97 Å². The van der Waals surface area contributed by atoms with Gasteiger partial charge in [0.25, 0.3) is 0 Å². The summed E-state index contributed by atoms with van der Waals surface area (Å²) in [5.41, 5.74) is 2.32. The molecule has 0 saturated carbocycles. The summed E-state index contributed by atoms with van der Waals surface area (Å²) in [7, 11) is 0. The Bertz CT molecular complexity index is 739. The summed E-state index contributed by atoms with van der Waals surface area (Å²) in [6.45, 7) is 0. The third kappa shape index (κ3) is 5.91. The molecule has 0 spiro atoms. The second-order valence-corrected chi connectivity index (χ2v) is 4.64. The van der Waals surface area contributed by atoms with Crippen molar-refractivity contribution in [2.45, 2.75) is 0 Å². The van der Waals surface area contributed by atoms with Gasteiger partial charge in [-0.3, -0.25) is 0 Å². The molecule has 0 aliphatic rings. The molecule has 0 amide bonds. The van der Waals surface area contributed by atoms with Crippen molar-refractivity contribution < 1.29 is 9.90 Å². The fraction of sp³-hybridized carbons (Fsp3) is 0. The summed E-state index contributed by atoms with van der Waals surface area (Å²) in [6.07, 6.45) is 0. The molecule has 0 aromatic heterocycles. The van der Waals surface area contributed by atoms with Crippen LogP contribution in [0, 0.1) is 11.8 Å². The fourth-order valence-electron chi connectivity index (χ4n) is 1.76. The molecule has 3 aromatic carbocycles. The van der Waals surface area contributed by atoms with Crippen LogP contribution in [0.2, 0.25) is 0 Å². The average molecular weight is 299 g/mol. The van der Waals surface area contributed by atoms with E-state index in [4.69, 9.17) is 0 Å². The number of hydrogen-bond donors (Lipinski definition) is 0. The monoisotopic (exact) mass is 299 g/mol. The molecule has 0 bridgehead atoms. The van der Waals surface area contributed by atoms with Gasteiger partial charge >= 0.3 is 0 Å². The van der Waals surface area contributed by atoms with E-state index >= 15 is 0 Å². The van der Waals surface area contributed by atoms with Crippen molar-refractivity contribution in [3.63, 3.8) is 0 Å². The maximum absolute atomic E-state index is 10.1. The number of carboxylic acid groups (broad SMARTS) is 1. The third-order valence-corrected chi connectivity index (χ3v) is 2.91. The van der Waals surface area contributed by atoms with Crippen LogP contribution in [0.5, 0.6) is 0 Å². The first-order chi connectivity index (χ1) is 11.3.